The summed E-state index contributed by atoms with van der Waals surface area (Å²) in [4.78, 5) is 16.0. The van der Waals surface area contributed by atoms with E-state index in [1.54, 1.807) is 12.1 Å². The number of phenolic OH excluding ortho intramolecular Hbond substituents is 1. The number of halogens is 1. The van der Waals surface area contributed by atoms with Gasteiger partial charge in [-0.25, -0.2) is 0 Å². The third-order valence-electron chi connectivity index (χ3n) is 6.55. The average molecular weight is 508 g/mol. The van der Waals surface area contributed by atoms with E-state index in [1.165, 1.54) is 0 Å². The Hall–Kier alpha value is -3.85. The molecular weight excluding hydrogens is 482 g/mol. The molecule has 1 fully saturated rings. The highest BCUT2D eigenvalue weighted by molar-refractivity contribution is 6.33. The van der Waals surface area contributed by atoms with Gasteiger partial charge in [0.15, 0.2) is 11.6 Å². The van der Waals surface area contributed by atoms with Crippen molar-refractivity contribution in [3.8, 4) is 17.0 Å². The Morgan fingerprint density at radius 2 is 1.75 bits per heavy atom. The lowest BCUT2D eigenvalue weighted by atomic mass is 9.93. The molecule has 5 rings (SSSR count). The van der Waals surface area contributed by atoms with Gasteiger partial charge in [-0.3, -0.25) is 4.79 Å². The zero-order chi connectivity index (χ0) is 25.4. The number of hydrogen-bond acceptors (Lipinski definition) is 8. The molecule has 1 atom stereocenters. The van der Waals surface area contributed by atoms with Crippen LogP contribution in [0.4, 0.5) is 11.5 Å². The SMILES string of the molecule is CC(C)C(C(=O)O)c1onc(N2CCN(c3ccc4cc(-c5ccccc5O)nnc4c3)CC2)c1Cl. The van der Waals surface area contributed by atoms with Crippen molar-refractivity contribution in [2.45, 2.75) is 19.8 Å². The number of carbonyl (C=O) groups is 1. The second kappa shape index (κ2) is 9.66. The van der Waals surface area contributed by atoms with Crippen molar-refractivity contribution in [3.05, 3.63) is 59.3 Å². The van der Waals surface area contributed by atoms with Gasteiger partial charge < -0.3 is 24.5 Å². The second-order valence-corrected chi connectivity index (χ2v) is 9.59. The molecule has 1 saturated heterocycles. The van der Waals surface area contributed by atoms with Crippen LogP contribution in [0.5, 0.6) is 5.75 Å². The van der Waals surface area contributed by atoms with Gasteiger partial charge in [-0.15, -0.1) is 10.2 Å². The molecule has 0 spiro atoms. The van der Waals surface area contributed by atoms with Gasteiger partial charge in [0, 0.05) is 42.8 Å². The summed E-state index contributed by atoms with van der Waals surface area (Å²) in [6.45, 7) is 6.38. The van der Waals surface area contributed by atoms with Crippen LogP contribution in [-0.2, 0) is 4.79 Å². The second-order valence-electron chi connectivity index (χ2n) is 9.21. The molecule has 36 heavy (non-hydrogen) atoms. The number of carboxylic acid groups (broad SMARTS) is 1. The minimum Gasteiger partial charge on any atom is -0.507 e. The Kier molecular flexibility index (Phi) is 6.40. The number of phenols is 1. The highest BCUT2D eigenvalue weighted by Crippen LogP contribution is 2.37. The number of fused-ring (bicyclic) bond motifs is 1. The van der Waals surface area contributed by atoms with Crippen molar-refractivity contribution in [1.82, 2.24) is 15.4 Å². The standard InChI is InChI=1S/C26H26ClN5O4/c1-15(2)22(26(34)35)24-23(27)25(30-36-24)32-11-9-31(10-12-32)17-8-7-16-13-20(29-28-19(16)14-17)18-5-3-4-6-21(18)33/h3-8,13-15,22,33H,9-12H2,1-2H3,(H,34,35). The third kappa shape index (κ3) is 4.42. The molecule has 9 nitrogen and oxygen atoms in total. The molecule has 186 valence electrons. The molecule has 2 N–H and O–H groups in total. The lowest BCUT2D eigenvalue weighted by Gasteiger charge is -2.36. The van der Waals surface area contributed by atoms with E-state index in [-0.39, 0.29) is 22.5 Å². The monoisotopic (exact) mass is 507 g/mol. The van der Waals surface area contributed by atoms with E-state index in [1.807, 2.05) is 49.1 Å². The van der Waals surface area contributed by atoms with E-state index in [4.69, 9.17) is 16.1 Å². The number of carboxylic acids is 1. The number of benzene rings is 2. The zero-order valence-corrected chi connectivity index (χ0v) is 20.7. The quantitative estimate of drug-likeness (QED) is 0.379. The molecule has 1 aliphatic heterocycles. The first-order chi connectivity index (χ1) is 17.3. The molecule has 1 unspecified atom stereocenters. The van der Waals surface area contributed by atoms with Gasteiger partial charge in [0.2, 0.25) is 0 Å². The van der Waals surface area contributed by atoms with Crippen LogP contribution >= 0.6 is 11.6 Å². The topological polar surface area (TPSA) is 116 Å². The lowest BCUT2D eigenvalue weighted by molar-refractivity contribution is -0.140. The molecule has 2 aromatic heterocycles. The fourth-order valence-corrected chi connectivity index (χ4v) is 4.90. The maximum absolute atomic E-state index is 11.7. The fraction of sp³-hybridized carbons (Fsp3) is 0.308. The molecule has 4 aromatic rings. The molecule has 10 heteroatoms. The van der Waals surface area contributed by atoms with E-state index in [9.17, 15) is 15.0 Å². The summed E-state index contributed by atoms with van der Waals surface area (Å²) in [6, 6.07) is 15.1. The summed E-state index contributed by atoms with van der Waals surface area (Å²) in [6.07, 6.45) is 0. The number of aromatic hydroxyl groups is 1. The summed E-state index contributed by atoms with van der Waals surface area (Å²) >= 11 is 6.52. The Balaban J connectivity index is 1.31. The molecule has 0 radical (unpaired) electrons. The van der Waals surface area contributed by atoms with Crippen LogP contribution in [0.1, 0.15) is 25.5 Å². The smallest absolute Gasteiger partial charge is 0.314 e. The minimum atomic E-state index is -0.980. The average Bonchev–Trinajstić information content (AvgIpc) is 3.24. The van der Waals surface area contributed by atoms with Crippen LogP contribution in [0.3, 0.4) is 0 Å². The third-order valence-corrected chi connectivity index (χ3v) is 6.91. The van der Waals surface area contributed by atoms with Gasteiger partial charge >= 0.3 is 5.97 Å². The van der Waals surface area contributed by atoms with Crippen LogP contribution in [0.15, 0.2) is 53.1 Å². The molecule has 2 aromatic carbocycles. The van der Waals surface area contributed by atoms with E-state index < -0.39 is 11.9 Å². The zero-order valence-electron chi connectivity index (χ0n) is 19.9. The van der Waals surface area contributed by atoms with Crippen molar-refractivity contribution in [1.29, 1.82) is 0 Å². The Morgan fingerprint density at radius 3 is 2.44 bits per heavy atom. The van der Waals surface area contributed by atoms with Gasteiger partial charge in [-0.1, -0.05) is 48.8 Å². The van der Waals surface area contributed by atoms with E-state index >= 15 is 0 Å². The lowest BCUT2D eigenvalue weighted by Crippen LogP contribution is -2.46. The van der Waals surface area contributed by atoms with Gasteiger partial charge in [-0.2, -0.15) is 0 Å². The molecule has 3 heterocycles. The van der Waals surface area contributed by atoms with Crippen molar-refractivity contribution in [2.75, 3.05) is 36.0 Å². The fourth-order valence-electron chi connectivity index (χ4n) is 4.59. The summed E-state index contributed by atoms with van der Waals surface area (Å²) in [5.74, 6) is -1.14. The Bertz CT molecular complexity index is 1410. The maximum atomic E-state index is 11.7. The van der Waals surface area contributed by atoms with Crippen LogP contribution in [-0.4, -0.2) is 57.7 Å². The van der Waals surface area contributed by atoms with Crippen molar-refractivity contribution in [2.24, 2.45) is 5.92 Å². The normalized spacial score (nSPS) is 15.0. The maximum Gasteiger partial charge on any atom is 0.314 e. The molecule has 0 bridgehead atoms. The number of nitrogens with zero attached hydrogens (tertiary/aromatic N) is 5. The summed E-state index contributed by atoms with van der Waals surface area (Å²) in [5, 5.41) is 33.7. The first kappa shape index (κ1) is 23.9. The number of aromatic nitrogens is 3. The number of para-hydroxylation sites is 1. The van der Waals surface area contributed by atoms with Gasteiger partial charge in [0.05, 0.1) is 11.2 Å². The Morgan fingerprint density at radius 1 is 1.03 bits per heavy atom. The van der Waals surface area contributed by atoms with Crippen LogP contribution in [0, 0.1) is 5.92 Å². The first-order valence-electron chi connectivity index (χ1n) is 11.8. The summed E-state index contributed by atoms with van der Waals surface area (Å²) in [7, 11) is 0. The molecule has 0 saturated carbocycles. The van der Waals surface area contributed by atoms with Crippen molar-refractivity contribution < 1.29 is 19.5 Å². The van der Waals surface area contributed by atoms with Crippen LogP contribution < -0.4 is 9.80 Å². The van der Waals surface area contributed by atoms with Crippen molar-refractivity contribution >= 4 is 40.0 Å². The van der Waals surface area contributed by atoms with E-state index in [0.29, 0.717) is 30.2 Å². The van der Waals surface area contributed by atoms with E-state index in [2.05, 4.69) is 26.3 Å². The van der Waals surface area contributed by atoms with Crippen molar-refractivity contribution in [3.63, 3.8) is 0 Å². The highest BCUT2D eigenvalue weighted by atomic mass is 35.5. The number of rotatable bonds is 6. The summed E-state index contributed by atoms with van der Waals surface area (Å²) in [5.41, 5.74) is 3.06. The molecule has 0 amide bonds. The molecular formula is C26H26ClN5O4. The first-order valence-corrected chi connectivity index (χ1v) is 12.1. The van der Waals surface area contributed by atoms with Gasteiger partial charge in [0.1, 0.15) is 16.7 Å². The van der Waals surface area contributed by atoms with Gasteiger partial charge in [0.25, 0.3) is 0 Å². The number of piperazine rings is 1. The molecule has 0 aliphatic carbocycles. The van der Waals surface area contributed by atoms with Crippen LogP contribution in [0.2, 0.25) is 5.02 Å². The number of anilines is 2. The number of aliphatic carboxylic acids is 1. The van der Waals surface area contributed by atoms with Gasteiger partial charge in [-0.05, 0) is 36.2 Å². The largest absolute Gasteiger partial charge is 0.507 e. The highest BCUT2D eigenvalue weighted by Gasteiger charge is 2.33. The molecule has 1 aliphatic rings. The number of hydrogen-bond donors (Lipinski definition) is 2. The predicted octanol–water partition coefficient (Wildman–Crippen LogP) is 4.79. The Labute approximate surface area is 212 Å². The predicted molar refractivity (Wildman–Crippen MR) is 138 cm³/mol. The van der Waals surface area contributed by atoms with Crippen LogP contribution in [0.25, 0.3) is 22.2 Å². The summed E-state index contributed by atoms with van der Waals surface area (Å²) < 4.78 is 5.39. The van der Waals surface area contributed by atoms with E-state index in [0.717, 1.165) is 29.7 Å². The minimum absolute atomic E-state index is 0.169.